The summed E-state index contributed by atoms with van der Waals surface area (Å²) in [6.45, 7) is 9.85. The molecule has 0 amide bonds. The Bertz CT molecular complexity index is 815. The number of carboxylic acids is 1. The maximum Gasteiger partial charge on any atom is 0.338 e. The first-order valence-electron chi connectivity index (χ1n) is 16.0. The second-order valence-corrected chi connectivity index (χ2v) is 9.38. The lowest BCUT2D eigenvalue weighted by Gasteiger charge is -2.09. The van der Waals surface area contributed by atoms with E-state index < -0.39 is 5.97 Å². The third kappa shape index (κ3) is 32.1. The molecule has 0 aromatic heterocycles. The Hall–Kier alpha value is -2.28. The zero-order chi connectivity index (χ0) is 33.7. The van der Waals surface area contributed by atoms with Crippen molar-refractivity contribution in [2.45, 2.75) is 6.42 Å². The van der Waals surface area contributed by atoms with E-state index >= 15 is 0 Å². The molecule has 0 aliphatic heterocycles. The molecule has 0 radical (unpaired) electrons. The van der Waals surface area contributed by atoms with E-state index in [2.05, 4.69) is 0 Å². The van der Waals surface area contributed by atoms with Crippen LogP contribution in [0, 0.1) is 0 Å². The van der Waals surface area contributed by atoms with Gasteiger partial charge >= 0.3 is 11.9 Å². The van der Waals surface area contributed by atoms with Crippen LogP contribution in [-0.4, -0.2) is 169 Å². The molecule has 0 spiro atoms. The van der Waals surface area contributed by atoms with E-state index in [0.717, 1.165) is 0 Å². The summed E-state index contributed by atoms with van der Waals surface area (Å²) in [4.78, 5) is 22.1. The number of esters is 1. The normalized spacial score (nSPS) is 11.2. The molecular formula is C32H54O15. The summed E-state index contributed by atoms with van der Waals surface area (Å²) in [5, 5.41) is 8.48. The highest BCUT2D eigenvalue weighted by molar-refractivity contribution is 5.89. The number of rotatable bonds is 37. The molecule has 1 rings (SSSR count). The second-order valence-electron chi connectivity index (χ2n) is 9.38. The van der Waals surface area contributed by atoms with Gasteiger partial charge in [0.1, 0.15) is 6.61 Å². The van der Waals surface area contributed by atoms with Crippen molar-refractivity contribution in [2.24, 2.45) is 0 Å². The van der Waals surface area contributed by atoms with Crippen LogP contribution in [0.2, 0.25) is 0 Å². The van der Waals surface area contributed by atoms with E-state index in [4.69, 9.17) is 61.9 Å². The van der Waals surface area contributed by atoms with Crippen LogP contribution < -0.4 is 0 Å². The molecule has 0 unspecified atom stereocenters. The Morgan fingerprint density at radius 1 is 0.383 bits per heavy atom. The zero-order valence-electron chi connectivity index (χ0n) is 27.5. The van der Waals surface area contributed by atoms with Gasteiger partial charge in [-0.1, -0.05) is 18.2 Å². The SMILES string of the molecule is O=C(O)CCOCCOCCOCCOCCOCCOCCOCCOCCOCCOCCOCCOC(=O)c1ccccc1. The maximum atomic E-state index is 11.8. The summed E-state index contributed by atoms with van der Waals surface area (Å²) in [6.07, 6.45) is -0.00618. The van der Waals surface area contributed by atoms with Gasteiger partial charge in [0.25, 0.3) is 0 Å². The minimum Gasteiger partial charge on any atom is -0.481 e. The van der Waals surface area contributed by atoms with Crippen LogP contribution in [-0.2, 0) is 61.6 Å². The van der Waals surface area contributed by atoms with Crippen LogP contribution in [0.15, 0.2) is 30.3 Å². The van der Waals surface area contributed by atoms with Crippen LogP contribution >= 0.6 is 0 Å². The van der Waals surface area contributed by atoms with Gasteiger partial charge in [0.15, 0.2) is 0 Å². The van der Waals surface area contributed by atoms with Crippen molar-refractivity contribution in [3.05, 3.63) is 35.9 Å². The quantitative estimate of drug-likeness (QED) is 0.0795. The average molecular weight is 679 g/mol. The number of ether oxygens (including phenoxy) is 12. The zero-order valence-corrected chi connectivity index (χ0v) is 27.5. The largest absolute Gasteiger partial charge is 0.481 e. The van der Waals surface area contributed by atoms with Crippen molar-refractivity contribution in [1.29, 1.82) is 0 Å². The molecule has 1 aromatic carbocycles. The fraction of sp³-hybridized carbons (Fsp3) is 0.750. The van der Waals surface area contributed by atoms with E-state index in [-0.39, 0.29) is 25.6 Å². The van der Waals surface area contributed by atoms with Gasteiger partial charge in [-0.2, -0.15) is 0 Å². The number of carbonyl (C=O) groups excluding carboxylic acids is 1. The number of aliphatic carboxylic acids is 1. The molecule has 0 saturated carbocycles. The van der Waals surface area contributed by atoms with Gasteiger partial charge in [-0.25, -0.2) is 4.79 Å². The monoisotopic (exact) mass is 678 g/mol. The van der Waals surface area contributed by atoms with Gasteiger partial charge in [-0.05, 0) is 12.1 Å². The molecule has 0 saturated heterocycles. The standard InChI is InChI=1S/C32H54O15/c33-31(34)6-7-36-8-9-37-10-11-38-12-13-39-14-15-40-16-17-41-18-19-42-20-21-43-22-23-44-24-25-45-26-27-46-28-29-47-32(35)30-4-2-1-3-5-30/h1-5H,6-29H2,(H,33,34). The van der Waals surface area contributed by atoms with Crippen LogP contribution in [0.5, 0.6) is 0 Å². The molecule has 272 valence electrons. The van der Waals surface area contributed by atoms with Crippen molar-refractivity contribution in [3.8, 4) is 0 Å². The van der Waals surface area contributed by atoms with Gasteiger partial charge in [0, 0.05) is 0 Å². The lowest BCUT2D eigenvalue weighted by molar-refractivity contribution is -0.138. The summed E-state index contributed by atoms with van der Waals surface area (Å²) < 4.78 is 64.5. The third-order valence-electron chi connectivity index (χ3n) is 5.65. The Labute approximate surface area is 277 Å². The van der Waals surface area contributed by atoms with Crippen molar-refractivity contribution < 1.29 is 71.5 Å². The Kier molecular flexibility index (Phi) is 31.9. The minimum atomic E-state index is -0.878. The van der Waals surface area contributed by atoms with Gasteiger partial charge < -0.3 is 61.9 Å². The summed E-state index contributed by atoms with van der Waals surface area (Å²) in [5.41, 5.74) is 0.520. The molecule has 0 fully saturated rings. The number of hydrogen-bond acceptors (Lipinski definition) is 14. The lowest BCUT2D eigenvalue weighted by Crippen LogP contribution is -2.15. The molecule has 47 heavy (non-hydrogen) atoms. The van der Waals surface area contributed by atoms with E-state index in [9.17, 15) is 9.59 Å². The average Bonchev–Trinajstić information content (AvgIpc) is 3.08. The first kappa shape index (κ1) is 42.7. The van der Waals surface area contributed by atoms with Crippen molar-refractivity contribution >= 4 is 11.9 Å². The number of carboxylic acid groups (broad SMARTS) is 1. The van der Waals surface area contributed by atoms with Gasteiger partial charge in [0.05, 0.1) is 157 Å². The van der Waals surface area contributed by atoms with Gasteiger partial charge in [-0.3, -0.25) is 4.79 Å². The summed E-state index contributed by atoms with van der Waals surface area (Å²) in [7, 11) is 0. The summed E-state index contributed by atoms with van der Waals surface area (Å²) in [6, 6.07) is 8.83. The molecule has 0 bridgehead atoms. The first-order chi connectivity index (χ1) is 23.2. The number of hydrogen-bond donors (Lipinski definition) is 1. The molecule has 0 aliphatic rings. The van der Waals surface area contributed by atoms with Crippen molar-refractivity contribution in [3.63, 3.8) is 0 Å². The maximum absolute atomic E-state index is 11.8. The van der Waals surface area contributed by atoms with Crippen LogP contribution in [0.3, 0.4) is 0 Å². The van der Waals surface area contributed by atoms with E-state index in [1.54, 1.807) is 24.3 Å². The fourth-order valence-electron chi connectivity index (χ4n) is 3.31. The first-order valence-corrected chi connectivity index (χ1v) is 16.0. The topological polar surface area (TPSA) is 165 Å². The van der Waals surface area contributed by atoms with Gasteiger partial charge in [-0.15, -0.1) is 0 Å². The number of carbonyl (C=O) groups is 2. The highest BCUT2D eigenvalue weighted by atomic mass is 16.6. The number of benzene rings is 1. The molecule has 1 aromatic rings. The molecule has 15 nitrogen and oxygen atoms in total. The highest BCUT2D eigenvalue weighted by Gasteiger charge is 2.05. The smallest absolute Gasteiger partial charge is 0.338 e. The summed E-state index contributed by atoms with van der Waals surface area (Å²) in [5.74, 6) is -1.24. The predicted octanol–water partition coefficient (Wildman–Crippen LogP) is 1.50. The molecule has 15 heteroatoms. The fourth-order valence-corrected chi connectivity index (χ4v) is 3.31. The molecule has 0 atom stereocenters. The Balaban J connectivity index is 1.63. The highest BCUT2D eigenvalue weighted by Crippen LogP contribution is 2.00. The molecule has 0 heterocycles. The Morgan fingerprint density at radius 2 is 0.638 bits per heavy atom. The lowest BCUT2D eigenvalue weighted by atomic mass is 10.2. The van der Waals surface area contributed by atoms with E-state index in [1.807, 2.05) is 6.07 Å². The van der Waals surface area contributed by atoms with Crippen molar-refractivity contribution in [1.82, 2.24) is 0 Å². The van der Waals surface area contributed by atoms with Gasteiger partial charge in [0.2, 0.25) is 0 Å². The summed E-state index contributed by atoms with van der Waals surface area (Å²) >= 11 is 0. The predicted molar refractivity (Wildman–Crippen MR) is 168 cm³/mol. The van der Waals surface area contributed by atoms with Crippen LogP contribution in [0.1, 0.15) is 16.8 Å². The van der Waals surface area contributed by atoms with Crippen LogP contribution in [0.25, 0.3) is 0 Å². The molecule has 1 N–H and O–H groups in total. The van der Waals surface area contributed by atoms with Crippen LogP contribution in [0.4, 0.5) is 0 Å². The van der Waals surface area contributed by atoms with E-state index in [1.165, 1.54) is 0 Å². The van der Waals surface area contributed by atoms with Crippen molar-refractivity contribution in [2.75, 3.05) is 152 Å². The van der Waals surface area contributed by atoms with E-state index in [0.29, 0.717) is 144 Å². The second kappa shape index (κ2) is 35.0. The molecule has 0 aliphatic carbocycles. The molecular weight excluding hydrogens is 624 g/mol. The minimum absolute atomic E-state index is 0.00618. The third-order valence-corrected chi connectivity index (χ3v) is 5.65. The Morgan fingerprint density at radius 3 is 0.915 bits per heavy atom.